The molecule has 0 bridgehead atoms. The molecule has 0 radical (unpaired) electrons. The number of carbonyl (C=O) groups is 2. The summed E-state index contributed by atoms with van der Waals surface area (Å²) in [7, 11) is 0. The molecule has 0 N–H and O–H groups in total. The van der Waals surface area contributed by atoms with Crippen molar-refractivity contribution < 1.29 is 23.8 Å². The molecule has 1 fully saturated rings. The lowest BCUT2D eigenvalue weighted by Gasteiger charge is -2.19. The molecular formula is C29H27N5O5S2. The van der Waals surface area contributed by atoms with E-state index in [9.17, 15) is 14.9 Å². The fourth-order valence-corrected chi connectivity index (χ4v) is 5.44. The van der Waals surface area contributed by atoms with E-state index in [-0.39, 0.29) is 18.7 Å². The number of fused-ring (bicyclic) bond motifs is 1. The Kier molecular flexibility index (Phi) is 8.58. The smallest absolute Gasteiger partial charge is 0.338 e. The van der Waals surface area contributed by atoms with Crippen LogP contribution in [0.2, 0.25) is 0 Å². The van der Waals surface area contributed by atoms with Crippen LogP contribution >= 0.6 is 23.5 Å². The van der Waals surface area contributed by atoms with E-state index in [1.165, 1.54) is 28.2 Å². The molecule has 1 aliphatic rings. The SMILES string of the molecule is CSc1nc(SC)c2c(C#N)nn([C@@H]3C[C@H](OC(=O)c4ccc(C)cc4)[C@H](COC(=O)c4ccc(C)cc4)O3)c2n1. The highest BCUT2D eigenvalue weighted by molar-refractivity contribution is 7.99. The summed E-state index contributed by atoms with van der Waals surface area (Å²) in [6.45, 7) is 3.71. The van der Waals surface area contributed by atoms with Crippen molar-refractivity contribution in [2.45, 2.75) is 48.9 Å². The van der Waals surface area contributed by atoms with E-state index in [1.807, 2.05) is 50.6 Å². The molecule has 210 valence electrons. The van der Waals surface area contributed by atoms with Crippen LogP contribution < -0.4 is 0 Å². The second-order valence-electron chi connectivity index (χ2n) is 9.46. The molecule has 1 saturated heterocycles. The third-order valence-electron chi connectivity index (χ3n) is 6.64. The number of ether oxygens (including phenoxy) is 3. The fourth-order valence-electron chi connectivity index (χ4n) is 4.46. The fraction of sp³-hybridized carbons (Fsp3) is 0.310. The van der Waals surface area contributed by atoms with E-state index in [1.54, 1.807) is 24.3 Å². The monoisotopic (exact) mass is 589 g/mol. The minimum Gasteiger partial charge on any atom is -0.459 e. The summed E-state index contributed by atoms with van der Waals surface area (Å²) in [5.74, 6) is -1.03. The first kappa shape index (κ1) is 28.6. The average Bonchev–Trinajstić information content (AvgIpc) is 3.56. The van der Waals surface area contributed by atoms with Gasteiger partial charge < -0.3 is 14.2 Å². The van der Waals surface area contributed by atoms with Gasteiger partial charge in [-0.2, -0.15) is 10.4 Å². The van der Waals surface area contributed by atoms with Gasteiger partial charge in [-0.25, -0.2) is 24.2 Å². The van der Waals surface area contributed by atoms with Gasteiger partial charge in [0.05, 0.1) is 16.5 Å². The number of aromatic nitrogens is 4. The number of esters is 2. The van der Waals surface area contributed by atoms with Gasteiger partial charge in [0.15, 0.2) is 22.7 Å². The standard InChI is InChI=1S/C29H27N5O5S2/c1-16-5-9-18(10-6-16)27(35)37-15-22-21(39-28(36)19-11-7-17(2)8-12-19)13-23(38-22)34-25-24(20(14-30)33-34)26(40-3)32-29(31-25)41-4/h5-12,21-23H,13,15H2,1-4H3/t21-,22-,23-/m0/s1. The molecule has 5 rings (SSSR count). The van der Waals surface area contributed by atoms with Crippen molar-refractivity contribution in [1.29, 1.82) is 5.26 Å². The van der Waals surface area contributed by atoms with Crippen LogP contribution in [0.3, 0.4) is 0 Å². The molecular weight excluding hydrogens is 562 g/mol. The number of rotatable bonds is 8. The number of carbonyl (C=O) groups excluding carboxylic acids is 2. The zero-order valence-electron chi connectivity index (χ0n) is 22.9. The van der Waals surface area contributed by atoms with Gasteiger partial charge in [0.1, 0.15) is 29.9 Å². The van der Waals surface area contributed by atoms with Gasteiger partial charge >= 0.3 is 11.9 Å². The molecule has 41 heavy (non-hydrogen) atoms. The quantitative estimate of drug-likeness (QED) is 0.117. The molecule has 0 aliphatic carbocycles. The Bertz CT molecular complexity index is 1630. The van der Waals surface area contributed by atoms with Crippen molar-refractivity contribution in [2.75, 3.05) is 19.1 Å². The summed E-state index contributed by atoms with van der Waals surface area (Å²) in [6.07, 6.45) is 1.66. The summed E-state index contributed by atoms with van der Waals surface area (Å²) in [5.41, 5.74) is 3.45. The first-order valence-corrected chi connectivity index (χ1v) is 15.2. The van der Waals surface area contributed by atoms with Crippen LogP contribution in [0.15, 0.2) is 58.7 Å². The number of benzene rings is 2. The summed E-state index contributed by atoms with van der Waals surface area (Å²) >= 11 is 2.77. The molecule has 2 aromatic carbocycles. The summed E-state index contributed by atoms with van der Waals surface area (Å²) in [4.78, 5) is 34.9. The highest BCUT2D eigenvalue weighted by Gasteiger charge is 2.41. The van der Waals surface area contributed by atoms with Crippen LogP contribution in [0.4, 0.5) is 0 Å². The van der Waals surface area contributed by atoms with Crippen molar-refractivity contribution >= 4 is 46.5 Å². The molecule has 0 saturated carbocycles. The maximum atomic E-state index is 13.0. The number of hydrogen-bond acceptors (Lipinski definition) is 11. The number of thioether (sulfide) groups is 2. The topological polar surface area (TPSA) is 129 Å². The number of hydrogen-bond donors (Lipinski definition) is 0. The molecule has 4 aromatic rings. The van der Waals surface area contributed by atoms with Crippen molar-refractivity contribution in [1.82, 2.24) is 19.7 Å². The lowest BCUT2D eigenvalue weighted by atomic mass is 10.1. The van der Waals surface area contributed by atoms with Gasteiger partial charge in [0.2, 0.25) is 0 Å². The van der Waals surface area contributed by atoms with Gasteiger partial charge in [-0.3, -0.25) is 0 Å². The highest BCUT2D eigenvalue weighted by atomic mass is 32.2. The van der Waals surface area contributed by atoms with Crippen LogP contribution in [0, 0.1) is 25.2 Å². The summed E-state index contributed by atoms with van der Waals surface area (Å²) < 4.78 is 19.3. The van der Waals surface area contributed by atoms with E-state index >= 15 is 0 Å². The van der Waals surface area contributed by atoms with Gasteiger partial charge in [-0.05, 0) is 50.6 Å². The third kappa shape index (κ3) is 6.07. The molecule has 0 unspecified atom stereocenters. The Balaban J connectivity index is 1.44. The third-order valence-corrected chi connectivity index (χ3v) is 7.87. The van der Waals surface area contributed by atoms with Gasteiger partial charge in [-0.1, -0.05) is 47.2 Å². The Labute approximate surface area is 245 Å². The highest BCUT2D eigenvalue weighted by Crippen LogP contribution is 2.36. The zero-order chi connectivity index (χ0) is 29.1. The van der Waals surface area contributed by atoms with Crippen LogP contribution in [-0.4, -0.2) is 63.0 Å². The Hall–Kier alpha value is -3.92. The molecule has 3 atom stereocenters. The lowest BCUT2D eigenvalue weighted by Crippen LogP contribution is -2.32. The molecule has 0 spiro atoms. The van der Waals surface area contributed by atoms with E-state index in [0.29, 0.717) is 32.3 Å². The largest absolute Gasteiger partial charge is 0.459 e. The van der Waals surface area contributed by atoms with Crippen molar-refractivity contribution in [3.8, 4) is 6.07 Å². The van der Waals surface area contributed by atoms with Crippen molar-refractivity contribution in [3.05, 3.63) is 76.5 Å². The first-order valence-electron chi connectivity index (χ1n) is 12.8. The summed E-state index contributed by atoms with van der Waals surface area (Å²) in [5, 5.41) is 16.0. The summed E-state index contributed by atoms with van der Waals surface area (Å²) in [6, 6.07) is 16.2. The van der Waals surface area contributed by atoms with Crippen molar-refractivity contribution in [3.63, 3.8) is 0 Å². The Morgan fingerprint density at radius 3 is 2.22 bits per heavy atom. The zero-order valence-corrected chi connectivity index (χ0v) is 24.5. The van der Waals surface area contributed by atoms with Gasteiger partial charge in [-0.15, -0.1) is 11.8 Å². The number of nitriles is 1. The van der Waals surface area contributed by atoms with Gasteiger partial charge in [0.25, 0.3) is 0 Å². The van der Waals surface area contributed by atoms with Gasteiger partial charge in [0, 0.05) is 6.42 Å². The molecule has 2 aromatic heterocycles. The van der Waals surface area contributed by atoms with E-state index < -0.39 is 30.4 Å². The number of nitrogens with zero attached hydrogens (tertiary/aromatic N) is 5. The maximum absolute atomic E-state index is 13.0. The predicted octanol–water partition coefficient (Wildman–Crippen LogP) is 5.13. The van der Waals surface area contributed by atoms with E-state index in [2.05, 4.69) is 21.1 Å². The van der Waals surface area contributed by atoms with Crippen molar-refractivity contribution in [2.24, 2.45) is 0 Å². The normalized spacial score (nSPS) is 18.3. The van der Waals surface area contributed by atoms with Crippen LogP contribution in [0.25, 0.3) is 11.0 Å². The Morgan fingerprint density at radius 2 is 1.63 bits per heavy atom. The molecule has 3 heterocycles. The van der Waals surface area contributed by atoms with E-state index in [0.717, 1.165) is 11.1 Å². The van der Waals surface area contributed by atoms with Crippen LogP contribution in [-0.2, 0) is 14.2 Å². The van der Waals surface area contributed by atoms with Crippen LogP contribution in [0.1, 0.15) is 50.2 Å². The van der Waals surface area contributed by atoms with Crippen LogP contribution in [0.5, 0.6) is 0 Å². The minimum atomic E-state index is -0.782. The maximum Gasteiger partial charge on any atom is 0.338 e. The number of aryl methyl sites for hydroxylation is 2. The molecule has 1 aliphatic heterocycles. The average molecular weight is 590 g/mol. The minimum absolute atomic E-state index is 0.152. The molecule has 12 heteroatoms. The second kappa shape index (κ2) is 12.3. The predicted molar refractivity (Wildman–Crippen MR) is 154 cm³/mol. The molecule has 0 amide bonds. The first-order chi connectivity index (χ1) is 19.8. The lowest BCUT2D eigenvalue weighted by molar-refractivity contribution is -0.0590. The molecule has 10 nitrogen and oxygen atoms in total. The van der Waals surface area contributed by atoms with E-state index in [4.69, 9.17) is 14.2 Å². The second-order valence-corrected chi connectivity index (χ2v) is 11.0. The Morgan fingerprint density at radius 1 is 1.00 bits per heavy atom.